The lowest BCUT2D eigenvalue weighted by Crippen LogP contribution is -2.14. The van der Waals surface area contributed by atoms with Gasteiger partial charge in [0.25, 0.3) is 0 Å². The number of ether oxygens (including phenoxy) is 1. The molecule has 1 aromatic carbocycles. The Morgan fingerprint density at radius 1 is 1.42 bits per heavy atom. The molecule has 0 fully saturated rings. The van der Waals surface area contributed by atoms with Gasteiger partial charge in [-0.3, -0.25) is 4.79 Å². The van der Waals surface area contributed by atoms with Crippen LogP contribution >= 0.6 is 15.9 Å². The average Bonchev–Trinajstić information content (AvgIpc) is 2.37. The van der Waals surface area contributed by atoms with Crippen LogP contribution in [-0.2, 0) is 4.79 Å². The van der Waals surface area contributed by atoms with Crippen molar-refractivity contribution in [2.45, 2.75) is 24.8 Å². The van der Waals surface area contributed by atoms with Gasteiger partial charge in [0, 0.05) is 0 Å². The highest BCUT2D eigenvalue weighted by molar-refractivity contribution is 9.10. The molecule has 0 amide bonds. The van der Waals surface area contributed by atoms with Crippen molar-refractivity contribution in [3.63, 3.8) is 0 Å². The lowest BCUT2D eigenvalue weighted by Gasteiger charge is -2.13. The zero-order valence-corrected chi connectivity index (χ0v) is 12.2. The highest BCUT2D eigenvalue weighted by atomic mass is 79.9. The maximum Gasteiger partial charge on any atom is 0.337 e. The molecule has 0 aliphatic heterocycles. The third kappa shape index (κ3) is 3.78. The first-order valence-corrected chi connectivity index (χ1v) is 6.66. The van der Waals surface area contributed by atoms with Gasteiger partial charge >= 0.3 is 5.97 Å². The second-order valence-corrected chi connectivity index (χ2v) is 5.28. The van der Waals surface area contributed by atoms with Crippen molar-refractivity contribution in [1.29, 1.82) is 0 Å². The number of carbonyl (C=O) groups is 2. The van der Waals surface area contributed by atoms with Crippen LogP contribution in [0.25, 0.3) is 0 Å². The second kappa shape index (κ2) is 6.68. The number of rotatable bonds is 6. The second-order valence-electron chi connectivity index (χ2n) is 3.91. The first kappa shape index (κ1) is 15.7. The molecule has 0 spiro atoms. The Bertz CT molecular complexity index is 484. The SMILES string of the molecule is CCOc1cc(C(O)C(=O)O)ccc1C(=O)C(C)Br. The number of aliphatic carboxylic acids is 1. The number of carboxylic acid groups (broad SMARTS) is 1. The molecule has 0 aliphatic carbocycles. The molecule has 6 heteroatoms. The Hall–Kier alpha value is -1.40. The minimum atomic E-state index is -1.63. The van der Waals surface area contributed by atoms with Crippen molar-refractivity contribution in [2.24, 2.45) is 0 Å². The molecule has 0 saturated carbocycles. The number of carboxylic acids is 1. The summed E-state index contributed by atoms with van der Waals surface area (Å²) in [5.74, 6) is -1.24. The number of halogens is 1. The predicted octanol–water partition coefficient (Wildman–Crippen LogP) is 2.17. The maximum atomic E-state index is 11.9. The topological polar surface area (TPSA) is 83.8 Å². The summed E-state index contributed by atoms with van der Waals surface area (Å²) in [6, 6.07) is 4.25. The molecule has 0 radical (unpaired) electrons. The van der Waals surface area contributed by atoms with Crippen molar-refractivity contribution in [3.05, 3.63) is 29.3 Å². The molecule has 19 heavy (non-hydrogen) atoms. The van der Waals surface area contributed by atoms with Crippen LogP contribution in [0, 0.1) is 0 Å². The van der Waals surface area contributed by atoms with Crippen molar-refractivity contribution in [1.82, 2.24) is 0 Å². The maximum absolute atomic E-state index is 11.9. The van der Waals surface area contributed by atoms with Crippen LogP contribution in [0.4, 0.5) is 0 Å². The molecule has 1 rings (SSSR count). The first-order chi connectivity index (χ1) is 8.88. The van der Waals surface area contributed by atoms with Gasteiger partial charge in [0.1, 0.15) is 5.75 Å². The zero-order valence-electron chi connectivity index (χ0n) is 10.6. The standard InChI is InChI=1S/C13H15BrO5/c1-3-19-10-6-8(12(16)13(17)18)4-5-9(10)11(15)7(2)14/h4-7,12,16H,3H2,1-2H3,(H,17,18). The summed E-state index contributed by atoms with van der Waals surface area (Å²) in [4.78, 5) is 22.3. The van der Waals surface area contributed by atoms with Crippen LogP contribution in [-0.4, -0.2) is 33.4 Å². The Labute approximate surface area is 119 Å². The Morgan fingerprint density at radius 2 is 2.05 bits per heavy atom. The number of hydrogen-bond donors (Lipinski definition) is 2. The number of carbonyl (C=O) groups excluding carboxylic acids is 1. The van der Waals surface area contributed by atoms with Crippen molar-refractivity contribution in [2.75, 3.05) is 6.61 Å². The van der Waals surface area contributed by atoms with Gasteiger partial charge in [-0.2, -0.15) is 0 Å². The van der Waals surface area contributed by atoms with E-state index in [1.807, 2.05) is 0 Å². The van der Waals surface area contributed by atoms with E-state index in [-0.39, 0.29) is 21.9 Å². The minimum Gasteiger partial charge on any atom is -0.493 e. The van der Waals surface area contributed by atoms with Crippen molar-refractivity contribution >= 4 is 27.7 Å². The van der Waals surface area contributed by atoms with Gasteiger partial charge in [-0.1, -0.05) is 22.0 Å². The number of alkyl halides is 1. The number of benzene rings is 1. The van der Waals surface area contributed by atoms with E-state index in [0.29, 0.717) is 12.2 Å². The summed E-state index contributed by atoms with van der Waals surface area (Å²) in [6.07, 6.45) is -1.63. The summed E-state index contributed by atoms with van der Waals surface area (Å²) in [5.41, 5.74) is 0.530. The molecule has 2 unspecified atom stereocenters. The normalized spacial score (nSPS) is 13.7. The molecule has 0 aromatic heterocycles. The molecule has 104 valence electrons. The summed E-state index contributed by atoms with van der Waals surface area (Å²) < 4.78 is 5.33. The van der Waals surface area contributed by atoms with Crippen LogP contribution in [0.3, 0.4) is 0 Å². The lowest BCUT2D eigenvalue weighted by molar-refractivity contribution is -0.146. The van der Waals surface area contributed by atoms with Gasteiger partial charge < -0.3 is 14.9 Å². The van der Waals surface area contributed by atoms with Crippen molar-refractivity contribution < 1.29 is 24.5 Å². The third-order valence-electron chi connectivity index (χ3n) is 2.48. The molecule has 5 nitrogen and oxygen atoms in total. The van der Waals surface area contributed by atoms with E-state index in [0.717, 1.165) is 0 Å². The van der Waals surface area contributed by atoms with Gasteiger partial charge in [0.2, 0.25) is 0 Å². The van der Waals surface area contributed by atoms with E-state index in [2.05, 4.69) is 15.9 Å². The molecule has 2 atom stereocenters. The molecule has 0 saturated heterocycles. The average molecular weight is 331 g/mol. The van der Waals surface area contributed by atoms with E-state index >= 15 is 0 Å². The fourth-order valence-corrected chi connectivity index (χ4v) is 1.79. The van der Waals surface area contributed by atoms with E-state index in [1.54, 1.807) is 13.8 Å². The Morgan fingerprint density at radius 3 is 2.53 bits per heavy atom. The van der Waals surface area contributed by atoms with E-state index < -0.39 is 12.1 Å². The minimum absolute atomic E-state index is 0.167. The molecule has 1 aromatic rings. The monoisotopic (exact) mass is 330 g/mol. The van der Waals surface area contributed by atoms with Crippen LogP contribution in [0.15, 0.2) is 18.2 Å². The lowest BCUT2D eigenvalue weighted by atomic mass is 10.0. The van der Waals surface area contributed by atoms with E-state index in [4.69, 9.17) is 9.84 Å². The summed E-state index contributed by atoms with van der Waals surface area (Å²) in [5, 5.41) is 18.2. The van der Waals surface area contributed by atoms with Crippen molar-refractivity contribution in [3.8, 4) is 5.75 Å². The first-order valence-electron chi connectivity index (χ1n) is 5.74. The molecule has 0 bridgehead atoms. The van der Waals surface area contributed by atoms with Gasteiger partial charge in [0.05, 0.1) is 17.0 Å². The van der Waals surface area contributed by atoms with Gasteiger partial charge in [-0.05, 0) is 31.5 Å². The van der Waals surface area contributed by atoms with Crippen LogP contribution in [0.2, 0.25) is 0 Å². The zero-order chi connectivity index (χ0) is 14.6. The summed E-state index contributed by atoms with van der Waals surface area (Å²) in [7, 11) is 0. The van der Waals surface area contributed by atoms with Crippen LogP contribution in [0.1, 0.15) is 35.9 Å². The number of Topliss-reactive ketones (excluding diaryl/α,β-unsaturated/α-hetero) is 1. The fraction of sp³-hybridized carbons (Fsp3) is 0.385. The van der Waals surface area contributed by atoms with Gasteiger partial charge in [0.15, 0.2) is 11.9 Å². The molecule has 2 N–H and O–H groups in total. The molecular weight excluding hydrogens is 316 g/mol. The summed E-state index contributed by atoms with van der Waals surface area (Å²) >= 11 is 3.18. The van der Waals surface area contributed by atoms with Gasteiger partial charge in [-0.15, -0.1) is 0 Å². The molecule has 0 heterocycles. The van der Waals surface area contributed by atoms with Crippen LogP contribution < -0.4 is 4.74 Å². The predicted molar refractivity (Wildman–Crippen MR) is 72.9 cm³/mol. The smallest absolute Gasteiger partial charge is 0.337 e. The van der Waals surface area contributed by atoms with E-state index in [9.17, 15) is 14.7 Å². The quantitative estimate of drug-likeness (QED) is 0.616. The highest BCUT2D eigenvalue weighted by Crippen LogP contribution is 2.26. The Balaban J connectivity index is 3.21. The number of aliphatic hydroxyl groups is 1. The highest BCUT2D eigenvalue weighted by Gasteiger charge is 2.21. The Kier molecular flexibility index (Phi) is 5.50. The summed E-state index contributed by atoms with van der Waals surface area (Å²) in [6.45, 7) is 3.79. The largest absolute Gasteiger partial charge is 0.493 e. The number of ketones is 1. The molecular formula is C13H15BrO5. The fourth-order valence-electron chi connectivity index (χ4n) is 1.54. The third-order valence-corrected chi connectivity index (χ3v) is 2.90. The number of aliphatic hydroxyl groups excluding tert-OH is 1. The number of hydrogen-bond acceptors (Lipinski definition) is 4. The molecule has 0 aliphatic rings. The van der Waals surface area contributed by atoms with Gasteiger partial charge in [-0.25, -0.2) is 4.79 Å². The van der Waals surface area contributed by atoms with E-state index in [1.165, 1.54) is 18.2 Å². The van der Waals surface area contributed by atoms with Crippen LogP contribution in [0.5, 0.6) is 5.75 Å².